The normalized spacial score (nSPS) is 10.8. The van der Waals surface area contributed by atoms with Crippen molar-refractivity contribution in [1.82, 2.24) is 19.6 Å². The highest BCUT2D eigenvalue weighted by Gasteiger charge is 2.16. The van der Waals surface area contributed by atoms with Crippen LogP contribution in [0.1, 0.15) is 32.9 Å². The lowest BCUT2D eigenvalue weighted by Gasteiger charge is -2.08. The highest BCUT2D eigenvalue weighted by Crippen LogP contribution is 2.21. The van der Waals surface area contributed by atoms with Crippen LogP contribution in [0.4, 0.5) is 11.4 Å². The molecule has 0 radical (unpaired) electrons. The molecule has 0 saturated carbocycles. The van der Waals surface area contributed by atoms with Gasteiger partial charge in [-0.2, -0.15) is 10.2 Å². The third-order valence-corrected chi connectivity index (χ3v) is 5.19. The summed E-state index contributed by atoms with van der Waals surface area (Å²) in [6.45, 7) is 4.81. The lowest BCUT2D eigenvalue weighted by Crippen LogP contribution is -2.13. The molecular formula is C23H22N6O3. The summed E-state index contributed by atoms with van der Waals surface area (Å²) in [6.07, 6.45) is 2.59. The van der Waals surface area contributed by atoms with Gasteiger partial charge in [0.2, 0.25) is 0 Å². The summed E-state index contributed by atoms with van der Waals surface area (Å²) >= 11 is 0. The first-order valence-corrected chi connectivity index (χ1v) is 10.1. The van der Waals surface area contributed by atoms with Crippen molar-refractivity contribution in [2.75, 3.05) is 5.32 Å². The fourth-order valence-electron chi connectivity index (χ4n) is 3.46. The molecule has 0 fully saturated rings. The SMILES string of the molecule is Cc1nn(Cc2ccccc2)c(C)c1NC(=O)c1ccc(Cn2cc([N+](=O)[O-])cn2)cc1. The van der Waals surface area contributed by atoms with Crippen molar-refractivity contribution in [3.8, 4) is 0 Å². The first-order chi connectivity index (χ1) is 15.4. The van der Waals surface area contributed by atoms with Crippen molar-refractivity contribution in [1.29, 1.82) is 0 Å². The van der Waals surface area contributed by atoms with Gasteiger partial charge in [0.05, 0.1) is 35.1 Å². The van der Waals surface area contributed by atoms with E-state index >= 15 is 0 Å². The van der Waals surface area contributed by atoms with E-state index in [1.165, 1.54) is 17.1 Å². The Morgan fingerprint density at radius 1 is 1.03 bits per heavy atom. The van der Waals surface area contributed by atoms with Gasteiger partial charge in [-0.15, -0.1) is 0 Å². The molecule has 2 heterocycles. The number of nitrogens with zero attached hydrogens (tertiary/aromatic N) is 5. The Balaban J connectivity index is 1.44. The van der Waals surface area contributed by atoms with Crippen LogP contribution >= 0.6 is 0 Å². The minimum absolute atomic E-state index is 0.0560. The summed E-state index contributed by atoms with van der Waals surface area (Å²) in [4.78, 5) is 23.1. The Morgan fingerprint density at radius 3 is 2.38 bits per heavy atom. The summed E-state index contributed by atoms with van der Waals surface area (Å²) in [5.41, 5.74) is 4.81. The zero-order valence-electron chi connectivity index (χ0n) is 17.7. The standard InChI is InChI=1S/C23H22N6O3/c1-16-22(17(2)28(26-16)14-18-6-4-3-5-7-18)25-23(30)20-10-8-19(9-11-20)13-27-15-21(12-24-27)29(31)32/h3-12,15H,13-14H2,1-2H3,(H,25,30). The van der Waals surface area contributed by atoms with Gasteiger partial charge in [0.1, 0.15) is 12.4 Å². The number of nitro groups is 1. The molecule has 0 saturated heterocycles. The Kier molecular flexibility index (Phi) is 5.80. The minimum Gasteiger partial charge on any atom is -0.319 e. The molecule has 4 aromatic rings. The third-order valence-electron chi connectivity index (χ3n) is 5.19. The number of nitrogens with one attached hydrogen (secondary N) is 1. The van der Waals surface area contributed by atoms with Crippen molar-refractivity contribution < 1.29 is 9.72 Å². The number of anilines is 1. The lowest BCUT2D eigenvalue weighted by atomic mass is 10.1. The van der Waals surface area contributed by atoms with Crippen molar-refractivity contribution in [3.63, 3.8) is 0 Å². The molecule has 9 heteroatoms. The molecule has 9 nitrogen and oxygen atoms in total. The van der Waals surface area contributed by atoms with Crippen molar-refractivity contribution in [3.05, 3.63) is 105 Å². The number of carbonyl (C=O) groups is 1. The number of aromatic nitrogens is 4. The number of benzene rings is 2. The van der Waals surface area contributed by atoms with Crippen LogP contribution in [0, 0.1) is 24.0 Å². The Morgan fingerprint density at radius 2 is 1.72 bits per heavy atom. The van der Waals surface area contributed by atoms with Crippen LogP contribution in [0.15, 0.2) is 67.0 Å². The molecular weight excluding hydrogens is 408 g/mol. The maximum atomic E-state index is 12.8. The van der Waals surface area contributed by atoms with E-state index in [4.69, 9.17) is 0 Å². The topological polar surface area (TPSA) is 108 Å². The van der Waals surface area contributed by atoms with E-state index in [1.807, 2.05) is 48.9 Å². The van der Waals surface area contributed by atoms with Crippen LogP contribution in [0.2, 0.25) is 0 Å². The van der Waals surface area contributed by atoms with E-state index in [0.29, 0.717) is 24.3 Å². The van der Waals surface area contributed by atoms with Gasteiger partial charge in [0.15, 0.2) is 0 Å². The minimum atomic E-state index is -0.483. The van der Waals surface area contributed by atoms with E-state index in [0.717, 1.165) is 22.5 Å². The van der Waals surface area contributed by atoms with Crippen molar-refractivity contribution >= 4 is 17.3 Å². The van der Waals surface area contributed by atoms with E-state index in [2.05, 4.69) is 15.5 Å². The second-order valence-corrected chi connectivity index (χ2v) is 7.49. The van der Waals surface area contributed by atoms with Crippen LogP contribution in [0.5, 0.6) is 0 Å². The smallest absolute Gasteiger partial charge is 0.307 e. The van der Waals surface area contributed by atoms with Crippen LogP contribution in [-0.2, 0) is 13.1 Å². The zero-order chi connectivity index (χ0) is 22.7. The quantitative estimate of drug-likeness (QED) is 0.353. The van der Waals surface area contributed by atoms with Crippen molar-refractivity contribution in [2.24, 2.45) is 0 Å². The molecule has 32 heavy (non-hydrogen) atoms. The van der Waals surface area contributed by atoms with Gasteiger partial charge in [-0.1, -0.05) is 42.5 Å². The van der Waals surface area contributed by atoms with Crippen LogP contribution in [-0.4, -0.2) is 30.4 Å². The maximum absolute atomic E-state index is 12.8. The molecule has 162 valence electrons. The molecule has 0 aliphatic rings. The monoisotopic (exact) mass is 430 g/mol. The van der Waals surface area contributed by atoms with Gasteiger partial charge in [-0.05, 0) is 37.1 Å². The predicted octanol–water partition coefficient (Wildman–Crippen LogP) is 3.95. The summed E-state index contributed by atoms with van der Waals surface area (Å²) in [5.74, 6) is -0.225. The molecule has 1 N–H and O–H groups in total. The Labute approximate surface area is 184 Å². The summed E-state index contributed by atoms with van der Waals surface area (Å²) < 4.78 is 3.37. The van der Waals surface area contributed by atoms with Gasteiger partial charge in [0.25, 0.3) is 5.91 Å². The fourth-order valence-corrected chi connectivity index (χ4v) is 3.46. The maximum Gasteiger partial charge on any atom is 0.307 e. The number of hydrogen-bond donors (Lipinski definition) is 1. The summed E-state index contributed by atoms with van der Waals surface area (Å²) in [7, 11) is 0. The van der Waals surface area contributed by atoms with Gasteiger partial charge in [0, 0.05) is 5.56 Å². The number of amides is 1. The number of aryl methyl sites for hydroxylation is 1. The van der Waals surface area contributed by atoms with Crippen molar-refractivity contribution in [2.45, 2.75) is 26.9 Å². The largest absolute Gasteiger partial charge is 0.319 e. The number of carbonyl (C=O) groups excluding carboxylic acids is 1. The third kappa shape index (κ3) is 4.56. The average molecular weight is 430 g/mol. The summed E-state index contributed by atoms with van der Waals surface area (Å²) in [6, 6.07) is 17.1. The number of hydrogen-bond acceptors (Lipinski definition) is 5. The summed E-state index contributed by atoms with van der Waals surface area (Å²) in [5, 5.41) is 22.3. The first-order valence-electron chi connectivity index (χ1n) is 10.1. The average Bonchev–Trinajstić information content (AvgIpc) is 3.35. The van der Waals surface area contributed by atoms with E-state index in [-0.39, 0.29) is 11.6 Å². The second kappa shape index (κ2) is 8.84. The molecule has 0 aliphatic carbocycles. The van der Waals surface area contributed by atoms with Gasteiger partial charge >= 0.3 is 5.69 Å². The highest BCUT2D eigenvalue weighted by atomic mass is 16.6. The molecule has 2 aromatic carbocycles. The zero-order valence-corrected chi connectivity index (χ0v) is 17.7. The Hall–Kier alpha value is -4.27. The highest BCUT2D eigenvalue weighted by molar-refractivity contribution is 6.04. The van der Waals surface area contributed by atoms with E-state index in [1.54, 1.807) is 24.3 Å². The molecule has 0 atom stereocenters. The first kappa shape index (κ1) is 21.0. The van der Waals surface area contributed by atoms with Crippen LogP contribution in [0.3, 0.4) is 0 Å². The van der Waals surface area contributed by atoms with Gasteiger partial charge < -0.3 is 5.32 Å². The molecule has 2 aromatic heterocycles. The van der Waals surface area contributed by atoms with E-state index < -0.39 is 4.92 Å². The molecule has 4 rings (SSSR count). The Bertz CT molecular complexity index is 1260. The van der Waals surface area contributed by atoms with Crippen LogP contribution in [0.25, 0.3) is 0 Å². The van der Waals surface area contributed by atoms with Gasteiger partial charge in [-0.3, -0.25) is 24.3 Å². The fraction of sp³-hybridized carbons (Fsp3) is 0.174. The predicted molar refractivity (Wildman–Crippen MR) is 120 cm³/mol. The molecule has 0 aliphatic heterocycles. The van der Waals surface area contributed by atoms with Gasteiger partial charge in [-0.25, -0.2) is 0 Å². The molecule has 0 unspecified atom stereocenters. The van der Waals surface area contributed by atoms with Crippen LogP contribution < -0.4 is 5.32 Å². The number of rotatable bonds is 7. The molecule has 0 bridgehead atoms. The molecule has 1 amide bonds. The second-order valence-electron chi connectivity index (χ2n) is 7.49. The lowest BCUT2D eigenvalue weighted by molar-refractivity contribution is -0.385. The molecule has 0 spiro atoms. The van der Waals surface area contributed by atoms with E-state index in [9.17, 15) is 14.9 Å².